The lowest BCUT2D eigenvalue weighted by Gasteiger charge is -2.09. The van der Waals surface area contributed by atoms with Crippen LogP contribution in [0.4, 0.5) is 35.0 Å². The maximum atomic E-state index is 13.3. The largest absolute Gasteiger partial charge is 0.399 e. The smallest absolute Gasteiger partial charge is 0.323 e. The number of rotatable bonds is 2. The van der Waals surface area contributed by atoms with E-state index >= 15 is 0 Å². The van der Waals surface area contributed by atoms with Gasteiger partial charge in [0, 0.05) is 23.5 Å². The lowest BCUT2D eigenvalue weighted by atomic mass is 10.2. The van der Waals surface area contributed by atoms with Crippen LogP contribution in [0.5, 0.6) is 0 Å². The summed E-state index contributed by atoms with van der Waals surface area (Å²) in [6.45, 7) is 0. The van der Waals surface area contributed by atoms with Crippen LogP contribution in [0, 0.1) is 17.5 Å². The summed E-state index contributed by atoms with van der Waals surface area (Å²) in [5.41, 5.74) is 5.56. The van der Waals surface area contributed by atoms with Gasteiger partial charge in [-0.2, -0.15) is 0 Å². The molecule has 0 aromatic heterocycles. The molecule has 2 aromatic rings. The lowest BCUT2D eigenvalue weighted by molar-refractivity contribution is 0.262. The Balaban J connectivity index is 2.13. The molecule has 0 saturated heterocycles. The van der Waals surface area contributed by atoms with Gasteiger partial charge in [-0.1, -0.05) is 6.07 Å². The molecule has 0 aliphatic heterocycles. The Bertz CT molecular complexity index is 638. The SMILES string of the molecule is Nc1cccc(NC(=O)Nc2c(F)cc(F)cc2F)c1. The van der Waals surface area contributed by atoms with E-state index < -0.39 is 29.2 Å². The summed E-state index contributed by atoms with van der Waals surface area (Å²) in [5, 5.41) is 4.31. The average molecular weight is 281 g/mol. The number of nitrogen functional groups attached to an aromatic ring is 1. The van der Waals surface area contributed by atoms with E-state index in [9.17, 15) is 18.0 Å². The molecule has 0 atom stereocenters. The fraction of sp³-hybridized carbons (Fsp3) is 0. The molecule has 0 saturated carbocycles. The zero-order valence-corrected chi connectivity index (χ0v) is 10.1. The molecule has 0 spiro atoms. The second kappa shape index (κ2) is 5.52. The molecule has 0 unspecified atom stereocenters. The molecular formula is C13H10F3N3O. The van der Waals surface area contributed by atoms with Gasteiger partial charge in [0.25, 0.3) is 0 Å². The van der Waals surface area contributed by atoms with Crippen molar-refractivity contribution in [2.45, 2.75) is 0 Å². The van der Waals surface area contributed by atoms with Gasteiger partial charge in [-0.3, -0.25) is 0 Å². The predicted octanol–water partition coefficient (Wildman–Crippen LogP) is 3.33. The first-order valence-electron chi connectivity index (χ1n) is 5.54. The molecule has 0 aliphatic carbocycles. The highest BCUT2D eigenvalue weighted by atomic mass is 19.1. The average Bonchev–Trinajstić information content (AvgIpc) is 2.33. The molecule has 0 heterocycles. The number of anilines is 3. The zero-order valence-electron chi connectivity index (χ0n) is 10.1. The minimum atomic E-state index is -1.20. The number of hydrogen-bond donors (Lipinski definition) is 3. The van der Waals surface area contributed by atoms with Crippen molar-refractivity contribution in [3.8, 4) is 0 Å². The number of nitrogens with one attached hydrogen (secondary N) is 2. The monoisotopic (exact) mass is 281 g/mol. The highest BCUT2D eigenvalue weighted by Gasteiger charge is 2.14. The molecule has 7 heteroatoms. The third-order valence-corrected chi connectivity index (χ3v) is 2.39. The number of urea groups is 1. The summed E-state index contributed by atoms with van der Waals surface area (Å²) in [7, 11) is 0. The third kappa shape index (κ3) is 3.19. The van der Waals surface area contributed by atoms with Crippen LogP contribution in [0.2, 0.25) is 0 Å². The van der Waals surface area contributed by atoms with Crippen molar-refractivity contribution in [1.29, 1.82) is 0 Å². The Kier molecular flexibility index (Phi) is 3.79. The minimum Gasteiger partial charge on any atom is -0.399 e. The summed E-state index contributed by atoms with van der Waals surface area (Å²) in [6.07, 6.45) is 0. The third-order valence-electron chi connectivity index (χ3n) is 2.39. The highest BCUT2D eigenvalue weighted by molar-refractivity contribution is 6.00. The van der Waals surface area contributed by atoms with Crippen molar-refractivity contribution >= 4 is 23.1 Å². The van der Waals surface area contributed by atoms with Crippen molar-refractivity contribution in [3.05, 3.63) is 53.8 Å². The molecule has 0 bridgehead atoms. The first kappa shape index (κ1) is 13.7. The molecular weight excluding hydrogens is 271 g/mol. The summed E-state index contributed by atoms with van der Waals surface area (Å²) >= 11 is 0. The van der Waals surface area contributed by atoms with Crippen LogP contribution >= 0.6 is 0 Å². The normalized spacial score (nSPS) is 10.2. The Morgan fingerprint density at radius 1 is 1.00 bits per heavy atom. The fourth-order valence-corrected chi connectivity index (χ4v) is 1.55. The lowest BCUT2D eigenvalue weighted by Crippen LogP contribution is -2.21. The molecule has 104 valence electrons. The van der Waals surface area contributed by atoms with Crippen molar-refractivity contribution in [2.24, 2.45) is 0 Å². The molecule has 2 amide bonds. The van der Waals surface area contributed by atoms with E-state index in [1.54, 1.807) is 18.2 Å². The molecule has 0 aliphatic rings. The zero-order chi connectivity index (χ0) is 14.7. The van der Waals surface area contributed by atoms with Gasteiger partial charge >= 0.3 is 6.03 Å². The highest BCUT2D eigenvalue weighted by Crippen LogP contribution is 2.20. The number of carbonyl (C=O) groups is 1. The molecule has 20 heavy (non-hydrogen) atoms. The van der Waals surface area contributed by atoms with Gasteiger partial charge in [-0.25, -0.2) is 18.0 Å². The van der Waals surface area contributed by atoms with Crippen LogP contribution in [0.15, 0.2) is 36.4 Å². The number of halogens is 3. The molecule has 2 aromatic carbocycles. The van der Waals surface area contributed by atoms with Crippen LogP contribution in [0.1, 0.15) is 0 Å². The number of nitrogens with two attached hydrogens (primary N) is 1. The van der Waals surface area contributed by atoms with E-state index in [0.29, 0.717) is 23.5 Å². The summed E-state index contributed by atoms with van der Waals surface area (Å²) in [4.78, 5) is 11.6. The Morgan fingerprint density at radius 3 is 2.25 bits per heavy atom. The van der Waals surface area contributed by atoms with Crippen molar-refractivity contribution < 1.29 is 18.0 Å². The Hall–Kier alpha value is -2.70. The second-order valence-electron chi connectivity index (χ2n) is 3.95. The van der Waals surface area contributed by atoms with E-state index in [1.165, 1.54) is 6.07 Å². The fourth-order valence-electron chi connectivity index (χ4n) is 1.55. The molecule has 0 radical (unpaired) electrons. The quantitative estimate of drug-likeness (QED) is 0.739. The van der Waals surface area contributed by atoms with Gasteiger partial charge in [-0.15, -0.1) is 0 Å². The van der Waals surface area contributed by atoms with Crippen molar-refractivity contribution in [2.75, 3.05) is 16.4 Å². The minimum absolute atomic E-state index is 0.352. The number of amides is 2. The van der Waals surface area contributed by atoms with Crippen LogP contribution in [-0.4, -0.2) is 6.03 Å². The van der Waals surface area contributed by atoms with E-state index in [1.807, 2.05) is 5.32 Å². The maximum Gasteiger partial charge on any atom is 0.323 e. The van der Waals surface area contributed by atoms with Gasteiger partial charge in [0.1, 0.15) is 11.5 Å². The number of carbonyl (C=O) groups excluding carboxylic acids is 1. The number of hydrogen-bond acceptors (Lipinski definition) is 2. The maximum absolute atomic E-state index is 13.3. The summed E-state index contributed by atoms with van der Waals surface area (Å²) in [6, 6.07) is 6.30. The van der Waals surface area contributed by atoms with Crippen LogP contribution in [0.3, 0.4) is 0 Å². The van der Waals surface area contributed by atoms with E-state index in [0.717, 1.165) is 0 Å². The molecule has 4 N–H and O–H groups in total. The Labute approximate surface area is 112 Å². The van der Waals surface area contributed by atoms with E-state index in [2.05, 4.69) is 5.32 Å². The molecule has 4 nitrogen and oxygen atoms in total. The van der Waals surface area contributed by atoms with Gasteiger partial charge < -0.3 is 16.4 Å². The first-order valence-corrected chi connectivity index (χ1v) is 5.54. The van der Waals surface area contributed by atoms with Crippen molar-refractivity contribution in [3.63, 3.8) is 0 Å². The standard InChI is InChI=1S/C13H10F3N3O/c14-7-4-10(15)12(11(16)5-7)19-13(20)18-9-3-1-2-8(17)6-9/h1-6H,17H2,(H2,18,19,20). The predicted molar refractivity (Wildman–Crippen MR) is 69.8 cm³/mol. The van der Waals surface area contributed by atoms with Crippen LogP contribution < -0.4 is 16.4 Å². The van der Waals surface area contributed by atoms with E-state index in [4.69, 9.17) is 5.73 Å². The van der Waals surface area contributed by atoms with Crippen LogP contribution in [0.25, 0.3) is 0 Å². The van der Waals surface area contributed by atoms with Gasteiger partial charge in [-0.05, 0) is 18.2 Å². The summed E-state index contributed by atoms with van der Waals surface area (Å²) < 4.78 is 39.4. The second-order valence-corrected chi connectivity index (χ2v) is 3.95. The first-order chi connectivity index (χ1) is 9.45. The van der Waals surface area contributed by atoms with Gasteiger partial charge in [0.15, 0.2) is 11.6 Å². The Morgan fingerprint density at radius 2 is 1.65 bits per heavy atom. The van der Waals surface area contributed by atoms with Gasteiger partial charge in [0.05, 0.1) is 0 Å². The molecule has 2 rings (SSSR count). The van der Waals surface area contributed by atoms with Crippen LogP contribution in [-0.2, 0) is 0 Å². The van der Waals surface area contributed by atoms with E-state index in [-0.39, 0.29) is 0 Å². The topological polar surface area (TPSA) is 67.1 Å². The van der Waals surface area contributed by atoms with Gasteiger partial charge in [0.2, 0.25) is 0 Å². The molecule has 0 fully saturated rings. The summed E-state index contributed by atoms with van der Waals surface area (Å²) in [5.74, 6) is -3.47. The number of benzene rings is 2. The van der Waals surface area contributed by atoms with Crippen molar-refractivity contribution in [1.82, 2.24) is 0 Å².